The number of nitrogens with two attached hydrogens (primary N) is 1. The largest absolute Gasteiger partial charge is 0.481 e. The van der Waals surface area contributed by atoms with Crippen LogP contribution < -0.4 is 5.73 Å². The molecule has 0 heterocycles. The van der Waals surface area contributed by atoms with E-state index in [4.69, 9.17) is 10.5 Å². The van der Waals surface area contributed by atoms with Gasteiger partial charge in [-0.05, 0) is 56.2 Å². The lowest BCUT2D eigenvalue weighted by Gasteiger charge is -2.45. The molecule has 0 radical (unpaired) electrons. The monoisotopic (exact) mass is 466 g/mol. The lowest BCUT2D eigenvalue weighted by Crippen LogP contribution is -2.61. The van der Waals surface area contributed by atoms with E-state index in [1.807, 2.05) is 54.6 Å². The Hall–Kier alpha value is -3.03. The first kappa shape index (κ1) is 25.6. The van der Waals surface area contributed by atoms with Crippen LogP contribution in [0.4, 0.5) is 0 Å². The number of carboxylic acids is 1. The maximum atomic E-state index is 13.8. The highest BCUT2D eigenvalue weighted by molar-refractivity contribution is 5.95. The van der Waals surface area contributed by atoms with Crippen LogP contribution in [0.2, 0.25) is 0 Å². The molecule has 0 amide bonds. The van der Waals surface area contributed by atoms with E-state index in [2.05, 4.69) is 0 Å². The van der Waals surface area contributed by atoms with Crippen LogP contribution in [0, 0.1) is 0 Å². The number of fused-ring (bicyclic) bond motifs is 1. The fraction of sp³-hybridized carbons (Fsp3) is 0.444. The summed E-state index contributed by atoms with van der Waals surface area (Å²) in [6.07, 6.45) is 1.84. The molecule has 7 nitrogen and oxygen atoms in total. The second-order valence-corrected chi connectivity index (χ2v) is 8.80. The second-order valence-electron chi connectivity index (χ2n) is 8.80. The Labute approximate surface area is 200 Å². The minimum Gasteiger partial charge on any atom is -0.481 e. The minimum atomic E-state index is -1.19. The summed E-state index contributed by atoms with van der Waals surface area (Å²) in [6, 6.07) is 15.9. The maximum Gasteiger partial charge on any atom is 0.323 e. The average Bonchev–Trinajstić information content (AvgIpc) is 3.21. The summed E-state index contributed by atoms with van der Waals surface area (Å²) in [6.45, 7) is 3.60. The Balaban J connectivity index is 2.11. The predicted molar refractivity (Wildman–Crippen MR) is 129 cm³/mol. The zero-order chi connectivity index (χ0) is 24.7. The standard InChI is InChI=1S/C27H34N2O5/c1-3-34-26(33)23(14-13-20-9-5-4-6-10-20)29(18-16-24(30)31)27(25(32)19(2)28)17-15-21-11-7-8-12-22(21)27/h4-12,19,23H,3,13-18,28H2,1-2H3,(H,30,31)/t19-,23?,27?/m0/s1. The van der Waals surface area contributed by atoms with Crippen molar-refractivity contribution in [2.24, 2.45) is 5.73 Å². The van der Waals surface area contributed by atoms with E-state index in [0.29, 0.717) is 25.7 Å². The molecule has 0 saturated carbocycles. The number of carbonyl (C=O) groups is 3. The van der Waals surface area contributed by atoms with E-state index in [9.17, 15) is 19.5 Å². The molecule has 0 bridgehead atoms. The van der Waals surface area contributed by atoms with E-state index >= 15 is 0 Å². The van der Waals surface area contributed by atoms with Gasteiger partial charge in [0.05, 0.1) is 19.1 Å². The van der Waals surface area contributed by atoms with Gasteiger partial charge >= 0.3 is 11.9 Å². The Kier molecular flexibility index (Phi) is 8.58. The third-order valence-corrected chi connectivity index (χ3v) is 6.58. The molecule has 1 aliphatic carbocycles. The molecule has 7 heteroatoms. The topological polar surface area (TPSA) is 110 Å². The summed E-state index contributed by atoms with van der Waals surface area (Å²) in [5.41, 5.74) is 7.83. The minimum absolute atomic E-state index is 0.0282. The lowest BCUT2D eigenvalue weighted by atomic mass is 9.80. The highest BCUT2D eigenvalue weighted by Crippen LogP contribution is 2.45. The SMILES string of the molecule is CCOC(=O)C(CCc1ccccc1)N(CCC(=O)O)C1(C(=O)[C@H](C)N)CCc2ccccc21. The van der Waals surface area contributed by atoms with Gasteiger partial charge in [-0.2, -0.15) is 0 Å². The van der Waals surface area contributed by atoms with Gasteiger partial charge < -0.3 is 15.6 Å². The molecule has 3 rings (SSSR count). The van der Waals surface area contributed by atoms with Crippen molar-refractivity contribution in [3.05, 3.63) is 71.3 Å². The Morgan fingerprint density at radius 3 is 2.44 bits per heavy atom. The quantitative estimate of drug-likeness (QED) is 0.463. The summed E-state index contributed by atoms with van der Waals surface area (Å²) in [7, 11) is 0. The second kappa shape index (κ2) is 11.4. The van der Waals surface area contributed by atoms with Crippen LogP contribution in [-0.2, 0) is 37.5 Å². The van der Waals surface area contributed by atoms with Gasteiger partial charge in [0.1, 0.15) is 11.6 Å². The molecular weight excluding hydrogens is 432 g/mol. The van der Waals surface area contributed by atoms with Crippen molar-refractivity contribution < 1.29 is 24.2 Å². The Morgan fingerprint density at radius 2 is 1.79 bits per heavy atom. The molecule has 0 aliphatic heterocycles. The smallest absolute Gasteiger partial charge is 0.323 e. The van der Waals surface area contributed by atoms with Gasteiger partial charge in [-0.15, -0.1) is 0 Å². The molecule has 0 aromatic heterocycles. The Bertz CT molecular complexity index is 1010. The number of benzene rings is 2. The number of esters is 1. The number of hydrogen-bond acceptors (Lipinski definition) is 6. The third kappa shape index (κ3) is 5.37. The number of ether oxygens (including phenoxy) is 1. The molecule has 3 atom stereocenters. The zero-order valence-electron chi connectivity index (χ0n) is 19.9. The third-order valence-electron chi connectivity index (χ3n) is 6.58. The number of aliphatic carboxylic acids is 1. The molecule has 0 saturated heterocycles. The summed E-state index contributed by atoms with van der Waals surface area (Å²) in [5, 5.41) is 9.51. The number of nitrogens with zero attached hydrogens (tertiary/aromatic N) is 1. The fourth-order valence-electron chi connectivity index (χ4n) is 5.08. The Morgan fingerprint density at radius 1 is 1.12 bits per heavy atom. The van der Waals surface area contributed by atoms with Crippen LogP contribution in [0.1, 0.15) is 49.8 Å². The van der Waals surface area contributed by atoms with Crippen molar-refractivity contribution in [1.29, 1.82) is 0 Å². The number of Topliss-reactive ketones (excluding diaryl/α,β-unsaturated/α-hetero) is 1. The molecule has 2 aromatic rings. The first-order chi connectivity index (χ1) is 16.3. The van der Waals surface area contributed by atoms with Crippen LogP contribution in [0.15, 0.2) is 54.6 Å². The predicted octanol–water partition coefficient (Wildman–Crippen LogP) is 3.09. The highest BCUT2D eigenvalue weighted by atomic mass is 16.5. The number of ketones is 1. The van der Waals surface area contributed by atoms with Crippen molar-refractivity contribution in [3.8, 4) is 0 Å². The van der Waals surface area contributed by atoms with Crippen molar-refractivity contribution >= 4 is 17.7 Å². The van der Waals surface area contributed by atoms with E-state index < -0.39 is 29.6 Å². The normalized spacial score (nSPS) is 18.8. The summed E-state index contributed by atoms with van der Waals surface area (Å²) >= 11 is 0. The van der Waals surface area contributed by atoms with Crippen LogP contribution in [-0.4, -0.2) is 53.0 Å². The van der Waals surface area contributed by atoms with E-state index in [0.717, 1.165) is 16.7 Å². The van der Waals surface area contributed by atoms with Crippen LogP contribution in [0.3, 0.4) is 0 Å². The highest BCUT2D eigenvalue weighted by Gasteiger charge is 2.53. The maximum absolute atomic E-state index is 13.8. The molecule has 2 aromatic carbocycles. The first-order valence-corrected chi connectivity index (χ1v) is 11.9. The summed E-state index contributed by atoms with van der Waals surface area (Å²) < 4.78 is 5.44. The molecule has 0 spiro atoms. The molecule has 0 fully saturated rings. The van der Waals surface area contributed by atoms with Gasteiger partial charge in [0.15, 0.2) is 5.78 Å². The van der Waals surface area contributed by atoms with Crippen molar-refractivity contribution in [2.45, 2.75) is 63.6 Å². The van der Waals surface area contributed by atoms with E-state index in [-0.39, 0.29) is 25.4 Å². The van der Waals surface area contributed by atoms with Gasteiger partial charge in [0.25, 0.3) is 0 Å². The van der Waals surface area contributed by atoms with Crippen molar-refractivity contribution in [2.75, 3.05) is 13.2 Å². The average molecular weight is 467 g/mol. The number of carbonyl (C=O) groups excluding carboxylic acids is 2. The number of hydrogen-bond donors (Lipinski definition) is 2. The van der Waals surface area contributed by atoms with Gasteiger partial charge in [0, 0.05) is 6.54 Å². The van der Waals surface area contributed by atoms with Crippen molar-refractivity contribution in [3.63, 3.8) is 0 Å². The zero-order valence-corrected chi connectivity index (χ0v) is 19.9. The van der Waals surface area contributed by atoms with E-state index in [1.165, 1.54) is 0 Å². The molecule has 34 heavy (non-hydrogen) atoms. The number of rotatable bonds is 12. The van der Waals surface area contributed by atoms with Crippen LogP contribution in [0.25, 0.3) is 0 Å². The molecular formula is C27H34N2O5. The molecule has 182 valence electrons. The van der Waals surface area contributed by atoms with Crippen LogP contribution in [0.5, 0.6) is 0 Å². The van der Waals surface area contributed by atoms with Gasteiger partial charge in [-0.25, -0.2) is 0 Å². The molecule has 1 aliphatic rings. The summed E-state index contributed by atoms with van der Waals surface area (Å²) in [4.78, 5) is 40.5. The first-order valence-electron chi connectivity index (χ1n) is 11.9. The van der Waals surface area contributed by atoms with E-state index in [1.54, 1.807) is 18.7 Å². The lowest BCUT2D eigenvalue weighted by molar-refractivity contribution is -0.157. The van der Waals surface area contributed by atoms with Gasteiger partial charge in [0.2, 0.25) is 0 Å². The van der Waals surface area contributed by atoms with Gasteiger partial charge in [-0.3, -0.25) is 19.3 Å². The van der Waals surface area contributed by atoms with Crippen molar-refractivity contribution in [1.82, 2.24) is 4.90 Å². The number of aryl methyl sites for hydroxylation is 2. The number of carboxylic acid groups (broad SMARTS) is 1. The molecule has 2 unspecified atom stereocenters. The summed E-state index contributed by atoms with van der Waals surface area (Å²) in [5.74, 6) is -1.66. The molecule has 3 N–H and O–H groups in total. The van der Waals surface area contributed by atoms with Crippen LogP contribution >= 0.6 is 0 Å². The van der Waals surface area contributed by atoms with Gasteiger partial charge in [-0.1, -0.05) is 54.6 Å². The fourth-order valence-corrected chi connectivity index (χ4v) is 5.08.